The van der Waals surface area contributed by atoms with Crippen molar-refractivity contribution in [2.75, 3.05) is 20.2 Å². The third kappa shape index (κ3) is 7.78. The van der Waals surface area contributed by atoms with Crippen molar-refractivity contribution in [3.63, 3.8) is 0 Å². The number of nitrogens with zero attached hydrogens (tertiary/aromatic N) is 1. The Labute approximate surface area is 277 Å². The molecule has 0 amide bonds. The van der Waals surface area contributed by atoms with Gasteiger partial charge in [-0.3, -0.25) is 4.79 Å². The molecule has 0 radical (unpaired) electrons. The molecule has 0 unspecified atom stereocenters. The molecule has 0 saturated carbocycles. The van der Waals surface area contributed by atoms with Crippen LogP contribution in [-0.4, -0.2) is 56.8 Å². The van der Waals surface area contributed by atoms with Gasteiger partial charge in [-0.15, -0.1) is 0 Å². The number of methoxy groups -OCH3 is 1. The molecule has 254 valence electrons. The molecule has 0 aromatic heterocycles. The summed E-state index contributed by atoms with van der Waals surface area (Å²) in [5.74, 6) is -3.85. The number of nitrogens with two attached hydrogens (primary N) is 1. The van der Waals surface area contributed by atoms with Crippen molar-refractivity contribution in [1.29, 1.82) is 0 Å². The van der Waals surface area contributed by atoms with Gasteiger partial charge in [-0.2, -0.15) is 4.31 Å². The van der Waals surface area contributed by atoms with Gasteiger partial charge in [0.25, 0.3) is 0 Å². The Balaban J connectivity index is 1.39. The van der Waals surface area contributed by atoms with E-state index in [-0.39, 0.29) is 41.3 Å². The zero-order valence-electron chi connectivity index (χ0n) is 26.5. The molecule has 0 aliphatic carbocycles. The van der Waals surface area contributed by atoms with E-state index in [2.05, 4.69) is 5.32 Å². The molecule has 4 atom stereocenters. The predicted molar refractivity (Wildman–Crippen MR) is 174 cm³/mol. The highest BCUT2D eigenvalue weighted by Crippen LogP contribution is 2.31. The lowest BCUT2D eigenvalue weighted by molar-refractivity contribution is -0.119. The van der Waals surface area contributed by atoms with Crippen LogP contribution in [0.4, 0.5) is 17.6 Å². The minimum atomic E-state index is -3.91. The van der Waals surface area contributed by atoms with Crippen molar-refractivity contribution in [3.05, 3.63) is 130 Å². The molecule has 1 saturated heterocycles. The second-order valence-corrected chi connectivity index (χ2v) is 13.8. The molecule has 0 bridgehead atoms. The molecule has 4 aromatic carbocycles. The van der Waals surface area contributed by atoms with Crippen LogP contribution in [0.2, 0.25) is 0 Å². The van der Waals surface area contributed by atoms with E-state index in [1.165, 1.54) is 59.9 Å². The molecular weight excluding hydrogens is 646 g/mol. The van der Waals surface area contributed by atoms with Gasteiger partial charge in [-0.1, -0.05) is 24.3 Å². The molecule has 0 spiro atoms. The average Bonchev–Trinajstić information content (AvgIpc) is 3.05. The van der Waals surface area contributed by atoms with Crippen LogP contribution < -0.4 is 15.8 Å². The first-order chi connectivity index (χ1) is 22.9. The van der Waals surface area contributed by atoms with E-state index in [0.717, 1.165) is 12.1 Å². The lowest BCUT2D eigenvalue weighted by Gasteiger charge is -2.40. The predicted octanol–water partition coefficient (Wildman–Crippen LogP) is 5.51. The van der Waals surface area contributed by atoms with E-state index in [1.54, 1.807) is 25.1 Å². The lowest BCUT2D eigenvalue weighted by atomic mass is 9.82. The van der Waals surface area contributed by atoms with Gasteiger partial charge < -0.3 is 15.8 Å². The highest BCUT2D eigenvalue weighted by Gasteiger charge is 2.38. The zero-order valence-corrected chi connectivity index (χ0v) is 27.3. The SMILES string of the molecule is COc1ccc(S(=O)(=O)N2[C@@H](CCc3c(F)cccc3CC(=O)[C@@H](N)[C@@H](c3ccc(F)cc3)c3cc(F)cc(F)c3)CNC[C@H]2C)cc1. The second kappa shape index (κ2) is 15.0. The smallest absolute Gasteiger partial charge is 0.243 e. The molecule has 7 nitrogen and oxygen atoms in total. The van der Waals surface area contributed by atoms with E-state index >= 15 is 4.39 Å². The Morgan fingerprint density at radius 3 is 2.23 bits per heavy atom. The van der Waals surface area contributed by atoms with E-state index in [1.807, 2.05) is 0 Å². The van der Waals surface area contributed by atoms with Gasteiger partial charge in [0.2, 0.25) is 10.0 Å². The molecule has 3 N–H and O–H groups in total. The fourth-order valence-corrected chi connectivity index (χ4v) is 8.26. The van der Waals surface area contributed by atoms with Crippen LogP contribution in [0.1, 0.15) is 41.5 Å². The number of nitrogens with one attached hydrogen (secondary N) is 1. The van der Waals surface area contributed by atoms with Crippen LogP contribution in [0.3, 0.4) is 0 Å². The van der Waals surface area contributed by atoms with Crippen LogP contribution in [0.25, 0.3) is 0 Å². The summed E-state index contributed by atoms with van der Waals surface area (Å²) in [6.45, 7) is 2.58. The molecule has 1 aliphatic rings. The first kappa shape index (κ1) is 35.2. The van der Waals surface area contributed by atoms with Crippen LogP contribution in [0.15, 0.2) is 89.8 Å². The maximum atomic E-state index is 15.4. The Hall–Kier alpha value is -4.10. The first-order valence-corrected chi connectivity index (χ1v) is 17.0. The van der Waals surface area contributed by atoms with Gasteiger partial charge >= 0.3 is 0 Å². The van der Waals surface area contributed by atoms with Crippen LogP contribution in [0, 0.1) is 23.3 Å². The largest absolute Gasteiger partial charge is 0.497 e. The number of ketones is 1. The maximum absolute atomic E-state index is 15.4. The standard InChI is InChI=1S/C36H37F4N3O4S/c1-22-20-42-21-29(43(22)48(45,46)31-13-11-30(47-2)12-14-31)10-15-32-24(4-3-5-33(32)40)18-34(44)36(41)35(23-6-8-26(37)9-7-23)25-16-27(38)19-28(39)17-25/h3-9,11-14,16-17,19,22,29,35-36,42H,10,15,18,20-21,41H2,1-2H3/t22-,29+,35+,36-/m1/s1. The van der Waals surface area contributed by atoms with Crippen molar-refractivity contribution in [3.8, 4) is 5.75 Å². The number of ether oxygens (including phenoxy) is 1. The Bertz CT molecular complexity index is 1840. The number of rotatable bonds is 12. The van der Waals surface area contributed by atoms with E-state index in [0.29, 0.717) is 36.0 Å². The quantitative estimate of drug-likeness (QED) is 0.191. The Morgan fingerprint density at radius 2 is 1.58 bits per heavy atom. The number of halogens is 4. The molecule has 5 rings (SSSR count). The summed E-state index contributed by atoms with van der Waals surface area (Å²) in [4.78, 5) is 13.8. The minimum absolute atomic E-state index is 0.0940. The number of benzene rings is 4. The average molecular weight is 684 g/mol. The van der Waals surface area contributed by atoms with Crippen LogP contribution in [-0.2, 0) is 27.7 Å². The molecule has 1 aliphatic heterocycles. The summed E-state index contributed by atoms with van der Waals surface area (Å²) in [5.41, 5.74) is 7.55. The van der Waals surface area contributed by atoms with E-state index < -0.39 is 57.1 Å². The van der Waals surface area contributed by atoms with E-state index in [4.69, 9.17) is 10.5 Å². The van der Waals surface area contributed by atoms with Crippen molar-refractivity contribution >= 4 is 15.8 Å². The van der Waals surface area contributed by atoms with Crippen molar-refractivity contribution in [1.82, 2.24) is 9.62 Å². The number of piperazine rings is 1. The van der Waals surface area contributed by atoms with Gasteiger partial charge in [0, 0.05) is 43.6 Å². The van der Waals surface area contributed by atoms with Crippen molar-refractivity contribution < 1.29 is 35.5 Å². The number of carbonyl (C=O) groups is 1. The van der Waals surface area contributed by atoms with Gasteiger partial charge in [0.1, 0.15) is 29.0 Å². The number of hydrogen-bond donors (Lipinski definition) is 2. The summed E-state index contributed by atoms with van der Waals surface area (Å²) >= 11 is 0. The van der Waals surface area contributed by atoms with Gasteiger partial charge in [-0.25, -0.2) is 26.0 Å². The number of Topliss-reactive ketones (excluding diaryl/α,β-unsaturated/α-hetero) is 1. The molecule has 12 heteroatoms. The highest BCUT2D eigenvalue weighted by atomic mass is 32.2. The zero-order chi connectivity index (χ0) is 34.6. The number of hydrogen-bond acceptors (Lipinski definition) is 6. The molecule has 1 heterocycles. The molecule has 4 aromatic rings. The summed E-state index contributed by atoms with van der Waals surface area (Å²) < 4.78 is 91.8. The Kier molecular flexibility index (Phi) is 11.0. The summed E-state index contributed by atoms with van der Waals surface area (Å²) in [5, 5.41) is 3.26. The number of carbonyl (C=O) groups excluding carboxylic acids is 1. The fraction of sp³-hybridized carbons (Fsp3) is 0.306. The third-order valence-electron chi connectivity index (χ3n) is 8.76. The number of sulfonamides is 1. The van der Waals surface area contributed by atoms with Crippen molar-refractivity contribution in [2.24, 2.45) is 5.73 Å². The van der Waals surface area contributed by atoms with Gasteiger partial charge in [0.15, 0.2) is 5.78 Å². The van der Waals surface area contributed by atoms with E-state index in [9.17, 15) is 26.4 Å². The minimum Gasteiger partial charge on any atom is -0.497 e. The molecule has 1 fully saturated rings. The van der Waals surface area contributed by atoms with Gasteiger partial charge in [0.05, 0.1) is 18.0 Å². The summed E-state index contributed by atoms with van der Waals surface area (Å²) in [7, 11) is -2.42. The first-order valence-electron chi connectivity index (χ1n) is 15.5. The monoisotopic (exact) mass is 683 g/mol. The summed E-state index contributed by atoms with van der Waals surface area (Å²) in [6, 6.07) is 16.2. The lowest BCUT2D eigenvalue weighted by Crippen LogP contribution is -2.58. The van der Waals surface area contributed by atoms with Crippen molar-refractivity contribution in [2.45, 2.75) is 55.1 Å². The molecule has 48 heavy (non-hydrogen) atoms. The summed E-state index contributed by atoms with van der Waals surface area (Å²) in [6.07, 6.45) is 0.0767. The highest BCUT2D eigenvalue weighted by molar-refractivity contribution is 7.89. The third-order valence-corrected chi connectivity index (χ3v) is 10.8. The van der Waals surface area contributed by atoms with Crippen LogP contribution >= 0.6 is 0 Å². The fourth-order valence-electron chi connectivity index (χ4n) is 6.41. The topological polar surface area (TPSA) is 102 Å². The molecular formula is C36H37F4N3O4S. The Morgan fingerprint density at radius 1 is 0.917 bits per heavy atom. The normalized spacial score (nSPS) is 18.3. The van der Waals surface area contributed by atoms with Gasteiger partial charge in [-0.05, 0) is 96.6 Å². The maximum Gasteiger partial charge on any atom is 0.243 e. The second-order valence-electron chi connectivity index (χ2n) is 12.0. The van der Waals surface area contributed by atoms with Crippen LogP contribution in [0.5, 0.6) is 5.75 Å².